The first kappa shape index (κ1) is 12.8. The van der Waals surface area contributed by atoms with Gasteiger partial charge in [-0.2, -0.15) is 0 Å². The Hall–Kier alpha value is -2.22. The van der Waals surface area contributed by atoms with Crippen LogP contribution in [0.1, 0.15) is 23.7 Å². The zero-order valence-corrected chi connectivity index (χ0v) is 12.0. The molecule has 0 atom stereocenters. The molecule has 0 radical (unpaired) electrons. The molecule has 0 saturated heterocycles. The summed E-state index contributed by atoms with van der Waals surface area (Å²) in [5, 5.41) is 0. The minimum atomic E-state index is 0.906. The Kier molecular flexibility index (Phi) is 3.46. The van der Waals surface area contributed by atoms with Crippen LogP contribution >= 0.6 is 0 Å². The lowest BCUT2D eigenvalue weighted by atomic mass is 10.1. The van der Waals surface area contributed by atoms with E-state index in [4.69, 9.17) is 4.74 Å². The third kappa shape index (κ3) is 2.29. The summed E-state index contributed by atoms with van der Waals surface area (Å²) in [5.74, 6) is 0.906. The van der Waals surface area contributed by atoms with Crippen molar-refractivity contribution in [1.29, 1.82) is 0 Å². The fourth-order valence-corrected chi connectivity index (χ4v) is 2.69. The van der Waals surface area contributed by atoms with Gasteiger partial charge in [0.2, 0.25) is 0 Å². The van der Waals surface area contributed by atoms with E-state index >= 15 is 0 Å². The van der Waals surface area contributed by atoms with Crippen LogP contribution in [-0.2, 0) is 12.8 Å². The summed E-state index contributed by atoms with van der Waals surface area (Å²) in [6, 6.07) is 17.0. The Bertz CT molecular complexity index is 713. The third-order valence-corrected chi connectivity index (χ3v) is 3.77. The first-order valence-corrected chi connectivity index (χ1v) is 7.02. The molecule has 0 aliphatic carbocycles. The van der Waals surface area contributed by atoms with Crippen LogP contribution in [0.3, 0.4) is 0 Å². The monoisotopic (exact) mass is 265 g/mol. The molecule has 0 saturated carbocycles. The molecule has 0 fully saturated rings. The van der Waals surface area contributed by atoms with E-state index in [2.05, 4.69) is 60.0 Å². The van der Waals surface area contributed by atoms with E-state index in [1.165, 1.54) is 22.3 Å². The molecule has 2 heteroatoms. The van der Waals surface area contributed by atoms with Crippen molar-refractivity contribution in [2.24, 2.45) is 0 Å². The molecule has 2 nitrogen and oxygen atoms in total. The van der Waals surface area contributed by atoms with Crippen molar-refractivity contribution in [1.82, 2.24) is 4.40 Å². The molecular formula is C18H19NO. The van der Waals surface area contributed by atoms with Crippen LogP contribution in [0.4, 0.5) is 0 Å². The maximum Gasteiger partial charge on any atom is 0.122 e. The maximum absolute atomic E-state index is 5.31. The van der Waals surface area contributed by atoms with Crippen LogP contribution < -0.4 is 4.74 Å². The maximum atomic E-state index is 5.31. The minimum Gasteiger partial charge on any atom is -0.497 e. The molecule has 0 unspecified atom stereocenters. The second-order valence-electron chi connectivity index (χ2n) is 4.99. The van der Waals surface area contributed by atoms with Crippen molar-refractivity contribution in [2.75, 3.05) is 7.11 Å². The van der Waals surface area contributed by atoms with Gasteiger partial charge in [0.15, 0.2) is 0 Å². The van der Waals surface area contributed by atoms with Gasteiger partial charge in [-0.05, 0) is 29.7 Å². The zero-order valence-electron chi connectivity index (χ0n) is 12.0. The highest BCUT2D eigenvalue weighted by atomic mass is 16.5. The van der Waals surface area contributed by atoms with Crippen molar-refractivity contribution < 1.29 is 4.74 Å². The lowest BCUT2D eigenvalue weighted by Gasteiger charge is -2.07. The van der Waals surface area contributed by atoms with Gasteiger partial charge < -0.3 is 9.14 Å². The van der Waals surface area contributed by atoms with Crippen LogP contribution in [0.5, 0.6) is 5.75 Å². The van der Waals surface area contributed by atoms with Gasteiger partial charge in [-0.3, -0.25) is 0 Å². The summed E-state index contributed by atoms with van der Waals surface area (Å²) in [7, 11) is 1.71. The number of ether oxygens (including phenoxy) is 1. The average molecular weight is 265 g/mol. The summed E-state index contributed by atoms with van der Waals surface area (Å²) >= 11 is 0. The van der Waals surface area contributed by atoms with Crippen molar-refractivity contribution in [3.63, 3.8) is 0 Å². The van der Waals surface area contributed by atoms with Gasteiger partial charge in [0.25, 0.3) is 0 Å². The van der Waals surface area contributed by atoms with Crippen molar-refractivity contribution in [2.45, 2.75) is 19.8 Å². The number of hydrogen-bond donors (Lipinski definition) is 0. The first-order valence-electron chi connectivity index (χ1n) is 7.02. The first-order chi connectivity index (χ1) is 9.81. The van der Waals surface area contributed by atoms with E-state index in [-0.39, 0.29) is 0 Å². The highest BCUT2D eigenvalue weighted by Gasteiger charge is 2.10. The largest absolute Gasteiger partial charge is 0.497 e. The fraction of sp³-hybridized carbons (Fsp3) is 0.222. The van der Waals surface area contributed by atoms with Crippen molar-refractivity contribution >= 4 is 5.52 Å². The number of aromatic nitrogens is 1. The van der Waals surface area contributed by atoms with Gasteiger partial charge in [0.1, 0.15) is 5.75 Å². The third-order valence-electron chi connectivity index (χ3n) is 3.77. The number of aryl methyl sites for hydroxylation is 1. The molecule has 102 valence electrons. The number of fused-ring (bicyclic) bond motifs is 1. The Morgan fingerprint density at radius 1 is 1.05 bits per heavy atom. The van der Waals surface area contributed by atoms with Crippen LogP contribution in [0.2, 0.25) is 0 Å². The number of hydrogen-bond acceptors (Lipinski definition) is 1. The van der Waals surface area contributed by atoms with Crippen LogP contribution in [-0.4, -0.2) is 11.5 Å². The molecule has 20 heavy (non-hydrogen) atoms. The second kappa shape index (κ2) is 5.41. The van der Waals surface area contributed by atoms with Crippen molar-refractivity contribution in [3.05, 3.63) is 71.5 Å². The number of methoxy groups -OCH3 is 1. The summed E-state index contributed by atoms with van der Waals surface area (Å²) in [6.45, 7) is 2.21. The van der Waals surface area contributed by atoms with Crippen LogP contribution in [0.15, 0.2) is 54.7 Å². The highest BCUT2D eigenvalue weighted by molar-refractivity contribution is 5.57. The lowest BCUT2D eigenvalue weighted by molar-refractivity contribution is 0.414. The molecule has 3 rings (SSSR count). The normalized spacial score (nSPS) is 10.9. The summed E-state index contributed by atoms with van der Waals surface area (Å²) in [4.78, 5) is 0. The van der Waals surface area contributed by atoms with Crippen molar-refractivity contribution in [3.8, 4) is 5.75 Å². The van der Waals surface area contributed by atoms with Gasteiger partial charge in [-0.15, -0.1) is 0 Å². The molecule has 2 heterocycles. The minimum absolute atomic E-state index is 0.906. The Morgan fingerprint density at radius 3 is 2.55 bits per heavy atom. The number of nitrogens with zero attached hydrogens (tertiary/aromatic N) is 1. The van der Waals surface area contributed by atoms with E-state index < -0.39 is 0 Å². The van der Waals surface area contributed by atoms with E-state index in [9.17, 15) is 0 Å². The number of rotatable bonds is 4. The van der Waals surface area contributed by atoms with E-state index in [0.29, 0.717) is 0 Å². The van der Waals surface area contributed by atoms with E-state index in [0.717, 1.165) is 18.6 Å². The Morgan fingerprint density at radius 2 is 1.85 bits per heavy atom. The van der Waals surface area contributed by atoms with Gasteiger partial charge in [-0.1, -0.05) is 37.3 Å². The second-order valence-corrected chi connectivity index (χ2v) is 4.99. The molecule has 0 bridgehead atoms. The standard InChI is InChI=1S/C18H19NO/c1-3-15-12-16-13-17(20-2)9-10-19(16)18(15)11-14-7-5-4-6-8-14/h4-10,12-13H,3,11H2,1-2H3. The summed E-state index contributed by atoms with van der Waals surface area (Å²) in [5.41, 5.74) is 5.32. The number of benzene rings is 1. The molecule has 0 aliphatic heterocycles. The van der Waals surface area contributed by atoms with E-state index in [1.807, 2.05) is 6.07 Å². The SMILES string of the molecule is CCc1cc2cc(OC)ccn2c1Cc1ccccc1. The van der Waals surface area contributed by atoms with Gasteiger partial charge >= 0.3 is 0 Å². The van der Waals surface area contributed by atoms with Gasteiger partial charge in [0.05, 0.1) is 7.11 Å². The predicted molar refractivity (Wildman–Crippen MR) is 82.6 cm³/mol. The number of pyridine rings is 1. The lowest BCUT2D eigenvalue weighted by Crippen LogP contribution is -1.98. The molecule has 2 aromatic heterocycles. The molecule has 0 aliphatic rings. The van der Waals surface area contributed by atoms with Gasteiger partial charge in [-0.25, -0.2) is 0 Å². The molecule has 3 aromatic rings. The molecular weight excluding hydrogens is 246 g/mol. The smallest absolute Gasteiger partial charge is 0.122 e. The quantitative estimate of drug-likeness (QED) is 0.692. The average Bonchev–Trinajstić information content (AvgIpc) is 2.85. The van der Waals surface area contributed by atoms with Crippen LogP contribution in [0, 0.1) is 0 Å². The summed E-state index contributed by atoms with van der Waals surface area (Å²) in [6.07, 6.45) is 4.11. The predicted octanol–water partition coefficient (Wildman–Crippen LogP) is 4.10. The highest BCUT2D eigenvalue weighted by Crippen LogP contribution is 2.23. The van der Waals surface area contributed by atoms with E-state index in [1.54, 1.807) is 7.11 Å². The Balaban J connectivity index is 2.08. The van der Waals surface area contributed by atoms with Gasteiger partial charge in [0, 0.05) is 29.9 Å². The zero-order chi connectivity index (χ0) is 13.9. The molecule has 1 aromatic carbocycles. The topological polar surface area (TPSA) is 13.6 Å². The summed E-state index contributed by atoms with van der Waals surface area (Å²) < 4.78 is 7.58. The molecule has 0 N–H and O–H groups in total. The Labute approximate surface area is 119 Å². The fourth-order valence-electron chi connectivity index (χ4n) is 2.69. The van der Waals surface area contributed by atoms with Crippen LogP contribution in [0.25, 0.3) is 5.52 Å². The molecule has 0 spiro atoms. The molecule has 0 amide bonds.